The molecular weight excluding hydrogens is 383 g/mol. The molecule has 6 nitrogen and oxygen atoms in total. The second-order valence-corrected chi connectivity index (χ2v) is 8.09. The van der Waals surface area contributed by atoms with Gasteiger partial charge in [0.15, 0.2) is 5.69 Å². The summed E-state index contributed by atoms with van der Waals surface area (Å²) in [5.41, 5.74) is 1.04. The van der Waals surface area contributed by atoms with Crippen LogP contribution in [0, 0.1) is 11.7 Å². The van der Waals surface area contributed by atoms with E-state index in [0.717, 1.165) is 31.6 Å². The van der Waals surface area contributed by atoms with Gasteiger partial charge in [-0.05, 0) is 49.3 Å². The molecule has 4 rings (SSSR count). The third kappa shape index (κ3) is 4.52. The minimum absolute atomic E-state index is 0.108. The molecule has 1 saturated heterocycles. The lowest BCUT2D eigenvalue weighted by molar-refractivity contribution is 0.0443. The maximum Gasteiger partial charge on any atom is 0.276 e. The Morgan fingerprint density at radius 3 is 2.82 bits per heavy atom. The van der Waals surface area contributed by atoms with Crippen molar-refractivity contribution in [3.05, 3.63) is 46.5 Å². The fourth-order valence-corrected chi connectivity index (χ4v) is 3.95. The largest absolute Gasteiger partial charge is 0.376 e. The summed E-state index contributed by atoms with van der Waals surface area (Å²) < 4.78 is 20.5. The van der Waals surface area contributed by atoms with Crippen LogP contribution in [0.5, 0.6) is 0 Å². The monoisotopic (exact) mass is 406 g/mol. The average Bonchev–Trinajstić information content (AvgIpc) is 3.31. The number of carbonyl (C=O) groups is 1. The summed E-state index contributed by atoms with van der Waals surface area (Å²) >= 11 is 6.08. The molecule has 0 radical (unpaired) electrons. The van der Waals surface area contributed by atoms with Gasteiger partial charge in [-0.15, -0.1) is 5.10 Å². The summed E-state index contributed by atoms with van der Waals surface area (Å²) in [5, 5.41) is 8.46. The van der Waals surface area contributed by atoms with Crippen molar-refractivity contribution in [3.63, 3.8) is 0 Å². The van der Waals surface area contributed by atoms with Crippen molar-refractivity contribution >= 4 is 17.5 Å². The molecule has 0 bridgehead atoms. The number of carbonyl (C=O) groups excluding carboxylic acids is 1. The standard InChI is InChI=1S/C20H24ClFN4O2/c21-18-9-16(22)7-6-15(18)11-26-13-19(23-24-26)20(27)25(10-14-3-1-4-14)12-17-5-2-8-28-17/h6-7,9,13-14,17H,1-5,8,10-12H2/t17-/m0/s1. The van der Waals surface area contributed by atoms with Crippen molar-refractivity contribution in [2.45, 2.75) is 44.8 Å². The number of amides is 1. The SMILES string of the molecule is O=C(c1cn(Cc2ccc(F)cc2Cl)nn1)N(CC1CCC1)C[C@@H]1CCCO1. The Kier molecular flexibility index (Phi) is 5.92. The van der Waals surface area contributed by atoms with E-state index in [-0.39, 0.29) is 17.8 Å². The van der Waals surface area contributed by atoms with E-state index in [4.69, 9.17) is 16.3 Å². The third-order valence-electron chi connectivity index (χ3n) is 5.54. The first kappa shape index (κ1) is 19.3. The molecule has 150 valence electrons. The zero-order valence-electron chi connectivity index (χ0n) is 15.7. The molecule has 2 heterocycles. The van der Waals surface area contributed by atoms with Crippen LogP contribution in [0.1, 0.15) is 48.2 Å². The van der Waals surface area contributed by atoms with Crippen molar-refractivity contribution in [2.24, 2.45) is 5.92 Å². The second kappa shape index (κ2) is 8.57. The van der Waals surface area contributed by atoms with E-state index in [1.165, 1.54) is 31.4 Å². The number of aromatic nitrogens is 3. The lowest BCUT2D eigenvalue weighted by Crippen LogP contribution is -2.42. The number of ether oxygens (including phenoxy) is 1. The molecule has 1 aromatic heterocycles. The molecule has 1 atom stereocenters. The van der Waals surface area contributed by atoms with Gasteiger partial charge in [0.1, 0.15) is 5.82 Å². The number of halogens is 2. The highest BCUT2D eigenvalue weighted by molar-refractivity contribution is 6.31. The number of benzene rings is 1. The molecule has 8 heteroatoms. The van der Waals surface area contributed by atoms with Crippen LogP contribution in [-0.2, 0) is 11.3 Å². The fourth-order valence-electron chi connectivity index (χ4n) is 3.72. The highest BCUT2D eigenvalue weighted by atomic mass is 35.5. The molecule has 1 aliphatic heterocycles. The van der Waals surface area contributed by atoms with E-state index in [2.05, 4.69) is 10.3 Å². The van der Waals surface area contributed by atoms with Gasteiger partial charge in [-0.3, -0.25) is 4.79 Å². The molecule has 2 aromatic rings. The highest BCUT2D eigenvalue weighted by Crippen LogP contribution is 2.28. The molecule has 0 spiro atoms. The topological polar surface area (TPSA) is 60.2 Å². The molecule has 0 N–H and O–H groups in total. The summed E-state index contributed by atoms with van der Waals surface area (Å²) in [4.78, 5) is 14.9. The summed E-state index contributed by atoms with van der Waals surface area (Å²) in [6.45, 7) is 2.44. The first-order valence-electron chi connectivity index (χ1n) is 9.83. The van der Waals surface area contributed by atoms with Crippen molar-refractivity contribution in [1.29, 1.82) is 0 Å². The van der Waals surface area contributed by atoms with Crippen molar-refractivity contribution in [2.75, 3.05) is 19.7 Å². The molecule has 1 aromatic carbocycles. The van der Waals surface area contributed by atoms with Gasteiger partial charge in [-0.2, -0.15) is 0 Å². The van der Waals surface area contributed by atoms with Crippen LogP contribution < -0.4 is 0 Å². The van der Waals surface area contributed by atoms with Crippen LogP contribution in [0.25, 0.3) is 0 Å². The lowest BCUT2D eigenvalue weighted by Gasteiger charge is -2.33. The highest BCUT2D eigenvalue weighted by Gasteiger charge is 2.29. The number of hydrogen-bond acceptors (Lipinski definition) is 4. The Morgan fingerprint density at radius 2 is 2.14 bits per heavy atom. The van der Waals surface area contributed by atoms with Crippen molar-refractivity contribution < 1.29 is 13.9 Å². The Balaban J connectivity index is 1.45. The number of hydrogen-bond donors (Lipinski definition) is 0. The van der Waals surface area contributed by atoms with E-state index in [1.54, 1.807) is 16.9 Å². The fraction of sp³-hybridized carbons (Fsp3) is 0.550. The number of nitrogens with zero attached hydrogens (tertiary/aromatic N) is 4. The van der Waals surface area contributed by atoms with Gasteiger partial charge < -0.3 is 9.64 Å². The Labute approximate surface area is 168 Å². The van der Waals surface area contributed by atoms with Gasteiger partial charge in [0.2, 0.25) is 0 Å². The molecule has 0 unspecified atom stereocenters. The van der Waals surface area contributed by atoms with E-state index in [1.807, 2.05) is 4.90 Å². The van der Waals surface area contributed by atoms with E-state index < -0.39 is 0 Å². The zero-order valence-corrected chi connectivity index (χ0v) is 16.4. The Morgan fingerprint density at radius 1 is 1.29 bits per heavy atom. The summed E-state index contributed by atoms with van der Waals surface area (Å²) in [5.74, 6) is 0.0706. The minimum Gasteiger partial charge on any atom is -0.376 e. The second-order valence-electron chi connectivity index (χ2n) is 7.68. The first-order valence-corrected chi connectivity index (χ1v) is 10.2. The van der Waals surface area contributed by atoms with Crippen LogP contribution in [-0.4, -0.2) is 51.6 Å². The predicted octanol–water partition coefficient (Wildman–Crippen LogP) is 3.54. The normalized spacial score (nSPS) is 19.6. The maximum atomic E-state index is 13.2. The Bertz CT molecular complexity index is 833. The molecule has 1 aliphatic carbocycles. The summed E-state index contributed by atoms with van der Waals surface area (Å²) in [7, 11) is 0. The van der Waals surface area contributed by atoms with Crippen LogP contribution in [0.4, 0.5) is 4.39 Å². The lowest BCUT2D eigenvalue weighted by atomic mass is 9.85. The van der Waals surface area contributed by atoms with Gasteiger partial charge >= 0.3 is 0 Å². The zero-order chi connectivity index (χ0) is 19.5. The molecule has 1 saturated carbocycles. The van der Waals surface area contributed by atoms with Gasteiger partial charge in [0.25, 0.3) is 5.91 Å². The Hall–Kier alpha value is -1.99. The van der Waals surface area contributed by atoms with Crippen LogP contribution in [0.2, 0.25) is 5.02 Å². The van der Waals surface area contributed by atoms with Crippen LogP contribution in [0.3, 0.4) is 0 Å². The minimum atomic E-state index is -0.385. The van der Waals surface area contributed by atoms with Gasteiger partial charge in [-0.25, -0.2) is 9.07 Å². The van der Waals surface area contributed by atoms with Gasteiger partial charge in [0, 0.05) is 24.7 Å². The van der Waals surface area contributed by atoms with E-state index in [9.17, 15) is 9.18 Å². The third-order valence-corrected chi connectivity index (χ3v) is 5.90. The summed E-state index contributed by atoms with van der Waals surface area (Å²) in [6, 6.07) is 4.23. The molecule has 2 aliphatic rings. The van der Waals surface area contributed by atoms with Gasteiger partial charge in [-0.1, -0.05) is 29.3 Å². The average molecular weight is 407 g/mol. The van der Waals surface area contributed by atoms with Gasteiger partial charge in [0.05, 0.1) is 18.8 Å². The number of rotatable bonds is 7. The predicted molar refractivity (Wildman–Crippen MR) is 103 cm³/mol. The first-order chi connectivity index (χ1) is 13.6. The maximum absolute atomic E-state index is 13.2. The molecular formula is C20H24ClFN4O2. The van der Waals surface area contributed by atoms with Crippen molar-refractivity contribution in [3.8, 4) is 0 Å². The molecule has 1 amide bonds. The molecule has 28 heavy (non-hydrogen) atoms. The molecule has 2 fully saturated rings. The van der Waals surface area contributed by atoms with Crippen molar-refractivity contribution in [1.82, 2.24) is 19.9 Å². The van der Waals surface area contributed by atoms with E-state index in [0.29, 0.717) is 29.7 Å². The van der Waals surface area contributed by atoms with Crippen LogP contribution in [0.15, 0.2) is 24.4 Å². The van der Waals surface area contributed by atoms with E-state index >= 15 is 0 Å². The smallest absolute Gasteiger partial charge is 0.276 e. The van der Waals surface area contributed by atoms with Crippen LogP contribution >= 0.6 is 11.6 Å². The quantitative estimate of drug-likeness (QED) is 0.705. The summed E-state index contributed by atoms with van der Waals surface area (Å²) in [6.07, 6.45) is 7.36.